The number of hydrogen-bond acceptors (Lipinski definition) is 4. The summed E-state index contributed by atoms with van der Waals surface area (Å²) in [5.74, 6) is 0.000219. The first-order chi connectivity index (χ1) is 12.0. The summed E-state index contributed by atoms with van der Waals surface area (Å²) in [6.07, 6.45) is 0.843. The standard InChI is InChI=1S/C20H22N2O3/c1-4-15-7-5-6-14(3)20(15)21-18(23)11-22-12-19(24)25-17-9-8-13(2)10-16(17)22/h5-10H,4,11-12H2,1-3H3,(H,21,23). The second-order valence-corrected chi connectivity index (χ2v) is 6.31. The van der Waals surface area contributed by atoms with E-state index >= 15 is 0 Å². The van der Waals surface area contributed by atoms with Crippen LogP contribution in [0.4, 0.5) is 11.4 Å². The number of amides is 1. The van der Waals surface area contributed by atoms with Gasteiger partial charge in [-0.3, -0.25) is 4.79 Å². The molecule has 5 heteroatoms. The number of anilines is 2. The van der Waals surface area contributed by atoms with E-state index in [-0.39, 0.29) is 25.0 Å². The van der Waals surface area contributed by atoms with Crippen LogP contribution in [0.2, 0.25) is 0 Å². The Morgan fingerprint density at radius 2 is 2.04 bits per heavy atom. The van der Waals surface area contributed by atoms with Crippen molar-refractivity contribution in [3.63, 3.8) is 0 Å². The Bertz CT molecular complexity index is 830. The number of para-hydroxylation sites is 1. The van der Waals surface area contributed by atoms with Crippen molar-refractivity contribution in [2.45, 2.75) is 27.2 Å². The van der Waals surface area contributed by atoms with Gasteiger partial charge in [0.05, 0.1) is 12.2 Å². The van der Waals surface area contributed by atoms with Crippen LogP contribution >= 0.6 is 0 Å². The van der Waals surface area contributed by atoms with E-state index in [9.17, 15) is 9.59 Å². The number of rotatable bonds is 4. The van der Waals surface area contributed by atoms with Crippen LogP contribution in [0.15, 0.2) is 36.4 Å². The quantitative estimate of drug-likeness (QED) is 0.687. The normalized spacial score (nSPS) is 13.2. The third kappa shape index (κ3) is 3.65. The number of carbonyl (C=O) groups is 2. The van der Waals surface area contributed by atoms with Crippen molar-refractivity contribution in [2.75, 3.05) is 23.3 Å². The summed E-state index contributed by atoms with van der Waals surface area (Å²) in [7, 11) is 0. The summed E-state index contributed by atoms with van der Waals surface area (Å²) in [6.45, 7) is 6.17. The highest BCUT2D eigenvalue weighted by molar-refractivity contribution is 5.97. The molecule has 1 aliphatic rings. The van der Waals surface area contributed by atoms with Crippen molar-refractivity contribution in [3.05, 3.63) is 53.1 Å². The van der Waals surface area contributed by atoms with Crippen LogP contribution in [0.3, 0.4) is 0 Å². The number of aryl methyl sites for hydroxylation is 3. The summed E-state index contributed by atoms with van der Waals surface area (Å²) in [6, 6.07) is 11.6. The van der Waals surface area contributed by atoms with Gasteiger partial charge in [-0.15, -0.1) is 0 Å². The van der Waals surface area contributed by atoms with Crippen LogP contribution in [0, 0.1) is 13.8 Å². The largest absolute Gasteiger partial charge is 0.423 e. The lowest BCUT2D eigenvalue weighted by Crippen LogP contribution is -2.41. The third-order valence-corrected chi connectivity index (χ3v) is 4.34. The van der Waals surface area contributed by atoms with Crippen LogP contribution in [0.25, 0.3) is 0 Å². The molecule has 1 N–H and O–H groups in total. The maximum atomic E-state index is 12.6. The molecule has 0 unspecified atom stereocenters. The number of nitrogens with zero attached hydrogens (tertiary/aromatic N) is 1. The topological polar surface area (TPSA) is 58.6 Å². The lowest BCUT2D eigenvalue weighted by Gasteiger charge is -2.29. The second-order valence-electron chi connectivity index (χ2n) is 6.31. The van der Waals surface area contributed by atoms with Crippen molar-refractivity contribution < 1.29 is 14.3 Å². The van der Waals surface area contributed by atoms with E-state index in [2.05, 4.69) is 12.2 Å². The van der Waals surface area contributed by atoms with Crippen molar-refractivity contribution in [3.8, 4) is 5.75 Å². The molecular weight excluding hydrogens is 316 g/mol. The number of fused-ring (bicyclic) bond motifs is 1. The molecule has 5 nitrogen and oxygen atoms in total. The van der Waals surface area contributed by atoms with Crippen molar-refractivity contribution >= 4 is 23.3 Å². The fourth-order valence-electron chi connectivity index (χ4n) is 3.05. The molecule has 25 heavy (non-hydrogen) atoms. The molecular formula is C20H22N2O3. The van der Waals surface area contributed by atoms with Gasteiger partial charge < -0.3 is 15.0 Å². The summed E-state index contributed by atoms with van der Waals surface area (Å²) in [5.41, 5.74) is 4.81. The maximum absolute atomic E-state index is 12.6. The number of carbonyl (C=O) groups excluding carboxylic acids is 2. The fraction of sp³-hybridized carbons (Fsp3) is 0.300. The van der Waals surface area contributed by atoms with Gasteiger partial charge >= 0.3 is 5.97 Å². The van der Waals surface area contributed by atoms with Gasteiger partial charge in [0, 0.05) is 5.69 Å². The predicted octanol–water partition coefficient (Wildman–Crippen LogP) is 3.23. The third-order valence-electron chi connectivity index (χ3n) is 4.34. The van der Waals surface area contributed by atoms with E-state index in [0.717, 1.165) is 34.5 Å². The van der Waals surface area contributed by atoms with Crippen LogP contribution in [-0.4, -0.2) is 25.0 Å². The van der Waals surface area contributed by atoms with Crippen LogP contribution < -0.4 is 15.0 Å². The molecule has 0 fully saturated rings. The molecule has 0 spiro atoms. The molecule has 0 aliphatic carbocycles. The van der Waals surface area contributed by atoms with Gasteiger partial charge in [-0.1, -0.05) is 31.2 Å². The van der Waals surface area contributed by atoms with Crippen LogP contribution in [0.5, 0.6) is 5.75 Å². The first kappa shape index (κ1) is 17.0. The van der Waals surface area contributed by atoms with Gasteiger partial charge in [0.1, 0.15) is 6.54 Å². The van der Waals surface area contributed by atoms with Gasteiger partial charge in [0.2, 0.25) is 5.91 Å². The molecule has 1 amide bonds. The number of nitrogens with one attached hydrogen (secondary N) is 1. The molecule has 130 valence electrons. The van der Waals surface area contributed by atoms with Crippen LogP contribution in [0.1, 0.15) is 23.6 Å². The Kier molecular flexibility index (Phi) is 4.74. The van der Waals surface area contributed by atoms with E-state index in [4.69, 9.17) is 4.74 Å². The minimum atomic E-state index is -0.353. The zero-order valence-corrected chi connectivity index (χ0v) is 14.8. The molecule has 0 aromatic heterocycles. The van der Waals surface area contributed by atoms with Gasteiger partial charge in [-0.2, -0.15) is 0 Å². The Hall–Kier alpha value is -2.82. The van der Waals surface area contributed by atoms with Gasteiger partial charge in [0.25, 0.3) is 0 Å². The molecule has 3 rings (SSSR count). The highest BCUT2D eigenvalue weighted by atomic mass is 16.5. The minimum absolute atomic E-state index is 0.0677. The Balaban J connectivity index is 1.80. The van der Waals surface area contributed by atoms with E-state index in [1.54, 1.807) is 11.0 Å². The lowest BCUT2D eigenvalue weighted by atomic mass is 10.1. The number of benzene rings is 2. The molecule has 1 heterocycles. The molecule has 0 bridgehead atoms. The van der Waals surface area contributed by atoms with E-state index in [0.29, 0.717) is 5.75 Å². The molecule has 0 saturated heterocycles. The monoisotopic (exact) mass is 338 g/mol. The zero-order valence-electron chi connectivity index (χ0n) is 14.8. The predicted molar refractivity (Wildman–Crippen MR) is 98.2 cm³/mol. The van der Waals surface area contributed by atoms with Crippen LogP contribution in [-0.2, 0) is 16.0 Å². The van der Waals surface area contributed by atoms with E-state index in [1.807, 2.05) is 44.2 Å². The second kappa shape index (κ2) is 6.97. The molecule has 2 aromatic rings. The first-order valence-electron chi connectivity index (χ1n) is 8.42. The summed E-state index contributed by atoms with van der Waals surface area (Å²) >= 11 is 0. The highest BCUT2D eigenvalue weighted by Crippen LogP contribution is 2.32. The van der Waals surface area contributed by atoms with Crippen molar-refractivity contribution in [2.24, 2.45) is 0 Å². The molecule has 1 aliphatic heterocycles. The summed E-state index contributed by atoms with van der Waals surface area (Å²) in [4.78, 5) is 26.2. The van der Waals surface area contributed by atoms with E-state index < -0.39 is 0 Å². The molecule has 2 aromatic carbocycles. The number of esters is 1. The van der Waals surface area contributed by atoms with Gasteiger partial charge in [-0.25, -0.2) is 4.79 Å². The Labute approximate surface area is 147 Å². The SMILES string of the molecule is CCc1cccc(C)c1NC(=O)CN1CC(=O)Oc2ccc(C)cc21. The Morgan fingerprint density at radius 3 is 2.80 bits per heavy atom. The molecule has 0 saturated carbocycles. The highest BCUT2D eigenvalue weighted by Gasteiger charge is 2.26. The maximum Gasteiger partial charge on any atom is 0.331 e. The zero-order chi connectivity index (χ0) is 18.0. The van der Waals surface area contributed by atoms with Gasteiger partial charge in [-0.05, 0) is 49.1 Å². The van der Waals surface area contributed by atoms with Crippen molar-refractivity contribution in [1.29, 1.82) is 0 Å². The summed E-state index contributed by atoms with van der Waals surface area (Å²) in [5, 5.41) is 3.00. The van der Waals surface area contributed by atoms with Gasteiger partial charge in [0.15, 0.2) is 5.75 Å². The molecule has 0 atom stereocenters. The lowest BCUT2D eigenvalue weighted by molar-refractivity contribution is -0.133. The number of ether oxygens (including phenoxy) is 1. The minimum Gasteiger partial charge on any atom is -0.423 e. The molecule has 0 radical (unpaired) electrons. The first-order valence-corrected chi connectivity index (χ1v) is 8.42. The summed E-state index contributed by atoms with van der Waals surface area (Å²) < 4.78 is 5.26. The Morgan fingerprint density at radius 1 is 1.24 bits per heavy atom. The number of hydrogen-bond donors (Lipinski definition) is 1. The average Bonchev–Trinajstić information content (AvgIpc) is 2.57. The van der Waals surface area contributed by atoms with E-state index in [1.165, 1.54) is 0 Å². The smallest absolute Gasteiger partial charge is 0.331 e. The average molecular weight is 338 g/mol. The fourth-order valence-corrected chi connectivity index (χ4v) is 3.05. The van der Waals surface area contributed by atoms with Crippen molar-refractivity contribution in [1.82, 2.24) is 0 Å².